The van der Waals surface area contributed by atoms with Gasteiger partial charge in [-0.05, 0) is 45.2 Å². The van der Waals surface area contributed by atoms with Crippen molar-refractivity contribution in [2.75, 3.05) is 18.4 Å². The van der Waals surface area contributed by atoms with Crippen molar-refractivity contribution < 1.29 is 4.79 Å². The molecule has 1 aromatic carbocycles. The van der Waals surface area contributed by atoms with Crippen molar-refractivity contribution in [3.63, 3.8) is 0 Å². The molecule has 0 bridgehead atoms. The summed E-state index contributed by atoms with van der Waals surface area (Å²) in [6, 6.07) is 6.28. The summed E-state index contributed by atoms with van der Waals surface area (Å²) in [6.45, 7) is 7.86. The van der Waals surface area contributed by atoms with Gasteiger partial charge in [-0.2, -0.15) is 0 Å². The molecule has 0 aromatic heterocycles. The predicted molar refractivity (Wildman–Crippen MR) is 75.1 cm³/mol. The van der Waals surface area contributed by atoms with E-state index in [0.29, 0.717) is 0 Å². The van der Waals surface area contributed by atoms with E-state index >= 15 is 0 Å². The monoisotopic (exact) mass is 246 g/mol. The van der Waals surface area contributed by atoms with Gasteiger partial charge in [0.2, 0.25) is 0 Å². The number of hydrogen-bond donors (Lipinski definition) is 1. The molecule has 0 spiro atoms. The van der Waals surface area contributed by atoms with Crippen molar-refractivity contribution in [2.24, 2.45) is 0 Å². The van der Waals surface area contributed by atoms with Crippen LogP contribution in [0, 0.1) is 0 Å². The van der Waals surface area contributed by atoms with E-state index in [1.54, 1.807) is 0 Å². The second-order valence-electron chi connectivity index (χ2n) is 5.05. The number of amides is 1. The first-order valence-electron chi connectivity index (χ1n) is 6.82. The van der Waals surface area contributed by atoms with Gasteiger partial charge < -0.3 is 10.2 Å². The van der Waals surface area contributed by atoms with Gasteiger partial charge in [0.1, 0.15) is 0 Å². The second-order valence-corrected chi connectivity index (χ2v) is 5.05. The van der Waals surface area contributed by atoms with E-state index in [0.717, 1.165) is 37.2 Å². The van der Waals surface area contributed by atoms with E-state index in [9.17, 15) is 4.79 Å². The molecule has 0 radical (unpaired) electrons. The Kier molecular flexibility index (Phi) is 3.90. The van der Waals surface area contributed by atoms with Crippen LogP contribution in [0.2, 0.25) is 0 Å². The Bertz CT molecular complexity index is 440. The SMILES string of the molecule is CCN(C(=O)c1cccc2c1NCCC2)C(C)C. The number of nitrogens with one attached hydrogen (secondary N) is 1. The van der Waals surface area contributed by atoms with Gasteiger partial charge >= 0.3 is 0 Å². The van der Waals surface area contributed by atoms with Crippen LogP contribution < -0.4 is 5.32 Å². The molecule has 18 heavy (non-hydrogen) atoms. The molecule has 2 rings (SSSR count). The molecule has 0 saturated carbocycles. The second kappa shape index (κ2) is 5.42. The van der Waals surface area contributed by atoms with Crippen LogP contribution in [0.3, 0.4) is 0 Å². The smallest absolute Gasteiger partial charge is 0.256 e. The number of para-hydroxylation sites is 1. The zero-order valence-corrected chi connectivity index (χ0v) is 11.5. The first-order valence-corrected chi connectivity index (χ1v) is 6.82. The summed E-state index contributed by atoms with van der Waals surface area (Å²) >= 11 is 0. The molecular formula is C15H22N2O. The molecule has 1 aromatic rings. The van der Waals surface area contributed by atoms with Crippen molar-refractivity contribution in [1.29, 1.82) is 0 Å². The minimum absolute atomic E-state index is 0.138. The maximum atomic E-state index is 12.6. The minimum atomic E-state index is 0.138. The van der Waals surface area contributed by atoms with Gasteiger partial charge in [-0.15, -0.1) is 0 Å². The van der Waals surface area contributed by atoms with Crippen LogP contribution in [0.15, 0.2) is 18.2 Å². The average Bonchev–Trinajstić information content (AvgIpc) is 2.38. The van der Waals surface area contributed by atoms with Crippen molar-refractivity contribution in [3.05, 3.63) is 29.3 Å². The first kappa shape index (κ1) is 12.9. The Morgan fingerprint density at radius 2 is 2.22 bits per heavy atom. The number of benzene rings is 1. The number of carbonyl (C=O) groups excluding carboxylic acids is 1. The van der Waals surface area contributed by atoms with Crippen molar-refractivity contribution in [1.82, 2.24) is 4.90 Å². The van der Waals surface area contributed by atoms with E-state index in [4.69, 9.17) is 0 Å². The highest BCUT2D eigenvalue weighted by atomic mass is 16.2. The van der Waals surface area contributed by atoms with Gasteiger partial charge in [0.25, 0.3) is 5.91 Å². The number of anilines is 1. The molecule has 98 valence electrons. The van der Waals surface area contributed by atoms with Crippen LogP contribution in [0.5, 0.6) is 0 Å². The highest BCUT2D eigenvalue weighted by Crippen LogP contribution is 2.27. The molecule has 0 unspecified atom stereocenters. The van der Waals surface area contributed by atoms with Crippen LogP contribution in [0.1, 0.15) is 43.1 Å². The van der Waals surface area contributed by atoms with E-state index in [-0.39, 0.29) is 11.9 Å². The Morgan fingerprint density at radius 1 is 1.44 bits per heavy atom. The minimum Gasteiger partial charge on any atom is -0.384 e. The molecule has 1 heterocycles. The van der Waals surface area contributed by atoms with Crippen molar-refractivity contribution in [3.8, 4) is 0 Å². The van der Waals surface area contributed by atoms with Gasteiger partial charge in [-0.3, -0.25) is 4.79 Å². The third-order valence-corrected chi connectivity index (χ3v) is 3.53. The third kappa shape index (κ3) is 2.35. The Hall–Kier alpha value is -1.51. The number of nitrogens with zero attached hydrogens (tertiary/aromatic N) is 1. The molecule has 1 N–H and O–H groups in total. The molecule has 0 atom stereocenters. The molecule has 1 amide bonds. The summed E-state index contributed by atoms with van der Waals surface area (Å²) < 4.78 is 0. The lowest BCUT2D eigenvalue weighted by molar-refractivity contribution is 0.0717. The Balaban J connectivity index is 2.36. The lowest BCUT2D eigenvalue weighted by atomic mass is 9.98. The third-order valence-electron chi connectivity index (χ3n) is 3.53. The van der Waals surface area contributed by atoms with Gasteiger partial charge in [0.15, 0.2) is 0 Å². The largest absolute Gasteiger partial charge is 0.384 e. The number of hydrogen-bond acceptors (Lipinski definition) is 2. The van der Waals surface area contributed by atoms with Crippen LogP contribution in [-0.2, 0) is 6.42 Å². The number of carbonyl (C=O) groups is 1. The van der Waals surface area contributed by atoms with E-state index in [1.807, 2.05) is 24.0 Å². The summed E-state index contributed by atoms with van der Waals surface area (Å²) in [5.74, 6) is 0.138. The fourth-order valence-corrected chi connectivity index (χ4v) is 2.59. The van der Waals surface area contributed by atoms with Gasteiger partial charge in [-0.25, -0.2) is 0 Å². The van der Waals surface area contributed by atoms with Crippen LogP contribution in [-0.4, -0.2) is 29.9 Å². The molecule has 3 nitrogen and oxygen atoms in total. The standard InChI is InChI=1S/C15H22N2O/c1-4-17(11(2)3)15(18)13-9-5-7-12-8-6-10-16-14(12)13/h5,7,9,11,16H,4,6,8,10H2,1-3H3. The molecule has 0 fully saturated rings. The maximum Gasteiger partial charge on any atom is 0.256 e. The lowest BCUT2D eigenvalue weighted by Gasteiger charge is -2.28. The van der Waals surface area contributed by atoms with Crippen LogP contribution in [0.25, 0.3) is 0 Å². The summed E-state index contributed by atoms with van der Waals surface area (Å²) in [6.07, 6.45) is 2.21. The zero-order valence-electron chi connectivity index (χ0n) is 11.5. The van der Waals surface area contributed by atoms with Crippen LogP contribution in [0.4, 0.5) is 5.69 Å². The lowest BCUT2D eigenvalue weighted by Crippen LogP contribution is -2.37. The van der Waals surface area contributed by atoms with Crippen LogP contribution >= 0.6 is 0 Å². The normalized spacial score (nSPS) is 14.0. The zero-order chi connectivity index (χ0) is 13.1. The fourth-order valence-electron chi connectivity index (χ4n) is 2.59. The molecule has 1 aliphatic heterocycles. The van der Waals surface area contributed by atoms with E-state index in [2.05, 4.69) is 25.2 Å². The fraction of sp³-hybridized carbons (Fsp3) is 0.533. The Labute approximate surface area is 109 Å². The summed E-state index contributed by atoms with van der Waals surface area (Å²) in [4.78, 5) is 14.5. The van der Waals surface area contributed by atoms with Crippen molar-refractivity contribution in [2.45, 2.75) is 39.7 Å². The van der Waals surface area contributed by atoms with Gasteiger partial charge in [0, 0.05) is 19.1 Å². The quantitative estimate of drug-likeness (QED) is 0.889. The molecular weight excluding hydrogens is 224 g/mol. The number of fused-ring (bicyclic) bond motifs is 1. The Morgan fingerprint density at radius 3 is 2.89 bits per heavy atom. The molecule has 1 aliphatic rings. The predicted octanol–water partition coefficient (Wildman–Crippen LogP) is 2.92. The number of rotatable bonds is 3. The highest BCUT2D eigenvalue weighted by Gasteiger charge is 2.22. The maximum absolute atomic E-state index is 12.6. The number of aryl methyl sites for hydroxylation is 1. The van der Waals surface area contributed by atoms with E-state index in [1.165, 1.54) is 5.56 Å². The summed E-state index contributed by atoms with van der Waals surface area (Å²) in [5.41, 5.74) is 3.14. The van der Waals surface area contributed by atoms with Gasteiger partial charge in [0.05, 0.1) is 11.3 Å². The molecule has 0 saturated heterocycles. The highest BCUT2D eigenvalue weighted by molar-refractivity contribution is 6.00. The van der Waals surface area contributed by atoms with Gasteiger partial charge in [-0.1, -0.05) is 12.1 Å². The van der Waals surface area contributed by atoms with E-state index < -0.39 is 0 Å². The van der Waals surface area contributed by atoms with Crippen molar-refractivity contribution >= 4 is 11.6 Å². The summed E-state index contributed by atoms with van der Waals surface area (Å²) in [7, 11) is 0. The topological polar surface area (TPSA) is 32.3 Å². The average molecular weight is 246 g/mol. The first-order chi connectivity index (χ1) is 8.65. The molecule has 3 heteroatoms. The molecule has 0 aliphatic carbocycles. The summed E-state index contributed by atoms with van der Waals surface area (Å²) in [5, 5.41) is 3.38.